The van der Waals surface area contributed by atoms with Crippen LogP contribution in [0.15, 0.2) is 0 Å². The Kier molecular flexibility index (Phi) is 5.26. The fourth-order valence-corrected chi connectivity index (χ4v) is 4.69. The Labute approximate surface area is 121 Å². The fraction of sp³-hybridized carbons (Fsp3) is 0.917. The number of piperidine rings is 1. The van der Waals surface area contributed by atoms with Gasteiger partial charge in [0.1, 0.15) is 0 Å². The molecular formula is C12H23ClN2O3S. The summed E-state index contributed by atoms with van der Waals surface area (Å²) in [7, 11) is -1.19. The van der Waals surface area contributed by atoms with Gasteiger partial charge in [0.05, 0.1) is 16.9 Å². The molecule has 2 rings (SSSR count). The Morgan fingerprint density at radius 2 is 2.11 bits per heavy atom. The lowest BCUT2D eigenvalue weighted by Gasteiger charge is -2.37. The lowest BCUT2D eigenvalue weighted by molar-refractivity contribution is -0.142. The number of rotatable bonds is 2. The maximum Gasteiger partial charge on any atom is 0.229 e. The Hall–Kier alpha value is -0.330. The van der Waals surface area contributed by atoms with Crippen molar-refractivity contribution >= 4 is 28.2 Å². The summed E-state index contributed by atoms with van der Waals surface area (Å²) in [6.45, 7) is 3.63. The summed E-state index contributed by atoms with van der Waals surface area (Å²) in [5.74, 6) is 0.417. The molecule has 2 heterocycles. The number of halogens is 1. The van der Waals surface area contributed by atoms with Crippen LogP contribution >= 0.6 is 12.4 Å². The number of hydrogen-bond acceptors (Lipinski definition) is 4. The molecule has 0 bridgehead atoms. The van der Waals surface area contributed by atoms with Crippen LogP contribution in [0.4, 0.5) is 0 Å². The zero-order valence-corrected chi connectivity index (χ0v) is 13.1. The van der Waals surface area contributed by atoms with Crippen molar-refractivity contribution in [2.24, 2.45) is 5.41 Å². The molecule has 1 amide bonds. The van der Waals surface area contributed by atoms with Crippen molar-refractivity contribution in [3.63, 3.8) is 0 Å². The third kappa shape index (κ3) is 3.61. The third-order valence-corrected chi connectivity index (χ3v) is 5.94. The summed E-state index contributed by atoms with van der Waals surface area (Å²) in [5.41, 5.74) is -0.376. The second kappa shape index (κ2) is 5.97. The number of sulfone groups is 1. The first-order chi connectivity index (χ1) is 8.34. The smallest absolute Gasteiger partial charge is 0.229 e. The molecular weight excluding hydrogens is 288 g/mol. The van der Waals surface area contributed by atoms with E-state index in [2.05, 4.69) is 5.32 Å². The van der Waals surface area contributed by atoms with Crippen LogP contribution in [-0.2, 0) is 14.6 Å². The summed E-state index contributed by atoms with van der Waals surface area (Å²) in [5, 5.41) is 3.25. The quantitative estimate of drug-likeness (QED) is 0.804. The van der Waals surface area contributed by atoms with Crippen LogP contribution in [-0.4, -0.2) is 56.9 Å². The van der Waals surface area contributed by atoms with E-state index < -0.39 is 9.84 Å². The summed E-state index contributed by atoms with van der Waals surface area (Å²) >= 11 is 0. The van der Waals surface area contributed by atoms with Gasteiger partial charge in [0.2, 0.25) is 5.91 Å². The molecule has 2 fully saturated rings. The summed E-state index contributed by atoms with van der Waals surface area (Å²) in [4.78, 5) is 14.2. The molecule has 0 aromatic rings. The monoisotopic (exact) mass is 310 g/mol. The van der Waals surface area contributed by atoms with Crippen LogP contribution in [0.2, 0.25) is 0 Å². The van der Waals surface area contributed by atoms with E-state index in [4.69, 9.17) is 0 Å². The van der Waals surface area contributed by atoms with E-state index in [1.807, 2.05) is 6.92 Å². The van der Waals surface area contributed by atoms with Crippen molar-refractivity contribution in [2.75, 3.05) is 31.6 Å². The summed E-state index contributed by atoms with van der Waals surface area (Å²) in [6, 6.07) is -0.138. The van der Waals surface area contributed by atoms with Gasteiger partial charge >= 0.3 is 0 Å². The summed E-state index contributed by atoms with van der Waals surface area (Å²) in [6.07, 6.45) is 2.45. The van der Waals surface area contributed by atoms with Gasteiger partial charge in [-0.25, -0.2) is 8.42 Å². The Morgan fingerprint density at radius 1 is 1.42 bits per heavy atom. The first-order valence-corrected chi connectivity index (χ1v) is 8.35. The number of nitrogens with one attached hydrogen (secondary N) is 1. The van der Waals surface area contributed by atoms with Gasteiger partial charge in [0.25, 0.3) is 0 Å². The molecule has 0 saturated carbocycles. The molecule has 1 N–H and O–H groups in total. The molecule has 0 aliphatic carbocycles. The van der Waals surface area contributed by atoms with Crippen LogP contribution in [0.1, 0.15) is 26.2 Å². The minimum atomic E-state index is -2.93. The lowest BCUT2D eigenvalue weighted by atomic mass is 9.81. The van der Waals surface area contributed by atoms with Gasteiger partial charge in [-0.05, 0) is 32.7 Å². The zero-order chi connectivity index (χ0) is 13.4. The number of hydrogen-bond donors (Lipinski definition) is 1. The lowest BCUT2D eigenvalue weighted by Crippen LogP contribution is -2.52. The van der Waals surface area contributed by atoms with E-state index >= 15 is 0 Å². The normalized spacial score (nSPS) is 33.5. The van der Waals surface area contributed by atoms with Crippen LogP contribution in [0.25, 0.3) is 0 Å². The largest absolute Gasteiger partial charge is 0.341 e. The SMILES string of the molecule is CN(C(=O)C1(C)CCCNC1)C1CCS(=O)(=O)C1.Cl. The molecule has 19 heavy (non-hydrogen) atoms. The molecule has 0 spiro atoms. The van der Waals surface area contributed by atoms with Crippen molar-refractivity contribution in [3.8, 4) is 0 Å². The highest BCUT2D eigenvalue weighted by atomic mass is 35.5. The molecule has 2 atom stereocenters. The van der Waals surface area contributed by atoms with E-state index in [1.165, 1.54) is 0 Å². The fourth-order valence-electron chi connectivity index (χ4n) is 2.91. The van der Waals surface area contributed by atoms with Crippen molar-refractivity contribution in [1.29, 1.82) is 0 Å². The predicted molar refractivity (Wildman–Crippen MR) is 77.3 cm³/mol. The van der Waals surface area contributed by atoms with Gasteiger partial charge in [-0.3, -0.25) is 4.79 Å². The van der Waals surface area contributed by atoms with Crippen molar-refractivity contribution in [3.05, 3.63) is 0 Å². The maximum atomic E-state index is 12.5. The van der Waals surface area contributed by atoms with Crippen molar-refractivity contribution in [1.82, 2.24) is 10.2 Å². The minimum Gasteiger partial charge on any atom is -0.341 e. The third-order valence-electron chi connectivity index (χ3n) is 4.19. The maximum absolute atomic E-state index is 12.5. The van der Waals surface area contributed by atoms with Gasteiger partial charge in [0, 0.05) is 19.6 Å². The van der Waals surface area contributed by atoms with Gasteiger partial charge in [-0.1, -0.05) is 0 Å². The van der Waals surface area contributed by atoms with Crippen LogP contribution in [0.5, 0.6) is 0 Å². The summed E-state index contributed by atoms with van der Waals surface area (Å²) < 4.78 is 22.9. The molecule has 2 aliphatic rings. The van der Waals surface area contributed by atoms with Crippen LogP contribution in [0.3, 0.4) is 0 Å². The first kappa shape index (κ1) is 16.7. The average molecular weight is 311 g/mol. The van der Waals surface area contributed by atoms with Crippen LogP contribution < -0.4 is 5.32 Å². The second-order valence-corrected chi connectivity index (χ2v) is 8.04. The van der Waals surface area contributed by atoms with E-state index in [-0.39, 0.29) is 41.3 Å². The molecule has 112 valence electrons. The van der Waals surface area contributed by atoms with Gasteiger partial charge in [0.15, 0.2) is 9.84 Å². The first-order valence-electron chi connectivity index (χ1n) is 6.52. The molecule has 0 aromatic carbocycles. The van der Waals surface area contributed by atoms with E-state index in [0.29, 0.717) is 13.0 Å². The number of amides is 1. The number of nitrogens with zero attached hydrogens (tertiary/aromatic N) is 1. The number of carbonyl (C=O) groups is 1. The molecule has 7 heteroatoms. The standard InChI is InChI=1S/C12H22N2O3S.ClH/c1-12(5-3-6-13-9-12)11(15)14(2)10-4-7-18(16,17)8-10;/h10,13H,3-9H2,1-2H3;1H. The molecule has 2 aliphatic heterocycles. The number of carbonyl (C=O) groups excluding carboxylic acids is 1. The van der Waals surface area contributed by atoms with Gasteiger partial charge in [-0.2, -0.15) is 0 Å². The van der Waals surface area contributed by atoms with E-state index in [1.54, 1.807) is 11.9 Å². The van der Waals surface area contributed by atoms with Crippen molar-refractivity contribution < 1.29 is 13.2 Å². The second-order valence-electron chi connectivity index (χ2n) is 5.81. The van der Waals surface area contributed by atoms with Gasteiger partial charge in [-0.15, -0.1) is 12.4 Å². The molecule has 0 aromatic heterocycles. The average Bonchev–Trinajstić information content (AvgIpc) is 2.69. The topological polar surface area (TPSA) is 66.5 Å². The molecule has 2 unspecified atom stereocenters. The van der Waals surface area contributed by atoms with E-state index in [9.17, 15) is 13.2 Å². The zero-order valence-electron chi connectivity index (χ0n) is 11.5. The molecule has 2 saturated heterocycles. The highest BCUT2D eigenvalue weighted by molar-refractivity contribution is 7.91. The Balaban J connectivity index is 0.00000180. The Morgan fingerprint density at radius 3 is 2.58 bits per heavy atom. The van der Waals surface area contributed by atoms with E-state index in [0.717, 1.165) is 19.4 Å². The Bertz CT molecular complexity index is 432. The molecule has 0 radical (unpaired) electrons. The predicted octanol–water partition coefficient (Wildman–Crippen LogP) is 0.443. The highest BCUT2D eigenvalue weighted by Gasteiger charge is 2.41. The van der Waals surface area contributed by atoms with Crippen molar-refractivity contribution in [2.45, 2.75) is 32.2 Å². The molecule has 5 nitrogen and oxygen atoms in total. The van der Waals surface area contributed by atoms with Gasteiger partial charge < -0.3 is 10.2 Å². The highest BCUT2D eigenvalue weighted by Crippen LogP contribution is 2.29. The minimum absolute atomic E-state index is 0. The van der Waals surface area contributed by atoms with Crippen LogP contribution in [0, 0.1) is 5.41 Å².